The van der Waals surface area contributed by atoms with E-state index >= 15 is 0 Å². The lowest BCUT2D eigenvalue weighted by Crippen LogP contribution is -2.19. The highest BCUT2D eigenvalue weighted by molar-refractivity contribution is 5.96. The second kappa shape index (κ2) is 10.2. The Morgan fingerprint density at radius 3 is 2.63 bits per heavy atom. The SMILES string of the molecule is NC(=O)c1cc2cc(CN3C=CNC3)cc(OCc3ccc(OCc4ccc5ccccc5n4)cc3)c2o1. The minimum Gasteiger partial charge on any atom is -0.487 e. The molecule has 0 aliphatic carbocycles. The third kappa shape index (κ3) is 5.10. The Bertz CT molecular complexity index is 1640. The van der Waals surface area contributed by atoms with Crippen LogP contribution in [0.15, 0.2) is 95.7 Å². The number of carbonyl (C=O) groups is 1. The van der Waals surface area contributed by atoms with Gasteiger partial charge in [0.25, 0.3) is 5.91 Å². The summed E-state index contributed by atoms with van der Waals surface area (Å²) in [6.45, 7) is 2.12. The number of fused-ring (bicyclic) bond motifs is 2. The zero-order valence-electron chi connectivity index (χ0n) is 20.6. The summed E-state index contributed by atoms with van der Waals surface area (Å²) in [5.41, 5.74) is 9.77. The molecule has 0 atom stereocenters. The van der Waals surface area contributed by atoms with Crippen molar-refractivity contribution in [3.05, 3.63) is 114 Å². The van der Waals surface area contributed by atoms with E-state index < -0.39 is 5.91 Å². The fraction of sp³-hybridized carbons (Fsp3) is 0.133. The average molecular weight is 507 g/mol. The maximum absolute atomic E-state index is 11.7. The molecule has 3 heterocycles. The highest BCUT2D eigenvalue weighted by Crippen LogP contribution is 2.32. The van der Waals surface area contributed by atoms with E-state index in [1.54, 1.807) is 6.07 Å². The monoisotopic (exact) mass is 506 g/mol. The molecule has 0 bridgehead atoms. The number of carbonyl (C=O) groups excluding carboxylic acids is 1. The van der Waals surface area contributed by atoms with Crippen LogP contribution in [-0.4, -0.2) is 22.5 Å². The van der Waals surface area contributed by atoms with Gasteiger partial charge in [-0.15, -0.1) is 0 Å². The number of nitrogens with zero attached hydrogens (tertiary/aromatic N) is 2. The molecule has 8 heteroatoms. The number of amides is 1. The van der Waals surface area contributed by atoms with Gasteiger partial charge in [0, 0.05) is 29.7 Å². The number of hydrogen-bond acceptors (Lipinski definition) is 7. The lowest BCUT2D eigenvalue weighted by molar-refractivity contribution is 0.0976. The zero-order chi connectivity index (χ0) is 25.9. The van der Waals surface area contributed by atoms with E-state index in [2.05, 4.69) is 21.3 Å². The molecule has 5 aromatic rings. The summed E-state index contributed by atoms with van der Waals surface area (Å²) >= 11 is 0. The highest BCUT2D eigenvalue weighted by atomic mass is 16.5. The first kappa shape index (κ1) is 23.4. The van der Waals surface area contributed by atoms with E-state index in [0.29, 0.717) is 31.1 Å². The van der Waals surface area contributed by atoms with Crippen molar-refractivity contribution >= 4 is 27.8 Å². The Morgan fingerprint density at radius 1 is 0.947 bits per heavy atom. The number of hydrogen-bond donors (Lipinski definition) is 2. The maximum Gasteiger partial charge on any atom is 0.284 e. The fourth-order valence-corrected chi connectivity index (χ4v) is 4.41. The second-order valence-electron chi connectivity index (χ2n) is 9.13. The summed E-state index contributed by atoms with van der Waals surface area (Å²) in [7, 11) is 0. The quantitative estimate of drug-likeness (QED) is 0.288. The molecule has 1 amide bonds. The molecular weight excluding hydrogens is 480 g/mol. The maximum atomic E-state index is 11.7. The molecule has 0 saturated carbocycles. The molecule has 3 N–H and O–H groups in total. The van der Waals surface area contributed by atoms with E-state index in [4.69, 9.17) is 19.6 Å². The van der Waals surface area contributed by atoms with Gasteiger partial charge in [0.2, 0.25) is 0 Å². The van der Waals surface area contributed by atoms with Crippen molar-refractivity contribution in [3.8, 4) is 11.5 Å². The van der Waals surface area contributed by atoms with E-state index in [1.807, 2.05) is 79.1 Å². The van der Waals surface area contributed by atoms with E-state index in [0.717, 1.165) is 45.5 Å². The van der Waals surface area contributed by atoms with Gasteiger partial charge in [0.05, 0.1) is 17.9 Å². The predicted octanol–water partition coefficient (Wildman–Crippen LogP) is 5.07. The third-order valence-electron chi connectivity index (χ3n) is 6.33. The minimum absolute atomic E-state index is 0.104. The molecule has 38 heavy (non-hydrogen) atoms. The first-order valence-electron chi connectivity index (χ1n) is 12.3. The first-order valence-corrected chi connectivity index (χ1v) is 12.3. The predicted molar refractivity (Wildman–Crippen MR) is 144 cm³/mol. The van der Waals surface area contributed by atoms with Gasteiger partial charge in [-0.25, -0.2) is 4.98 Å². The topological polar surface area (TPSA) is 103 Å². The average Bonchev–Trinajstić information content (AvgIpc) is 3.61. The van der Waals surface area contributed by atoms with Gasteiger partial charge in [0.1, 0.15) is 19.0 Å². The summed E-state index contributed by atoms with van der Waals surface area (Å²) < 4.78 is 17.8. The van der Waals surface area contributed by atoms with Gasteiger partial charge in [-0.1, -0.05) is 36.4 Å². The Labute approximate surface area is 219 Å². The van der Waals surface area contributed by atoms with Gasteiger partial charge in [-0.3, -0.25) is 4.79 Å². The number of ether oxygens (including phenoxy) is 2. The van der Waals surface area contributed by atoms with Crippen LogP contribution in [0.1, 0.15) is 27.4 Å². The van der Waals surface area contributed by atoms with Gasteiger partial charge in [0.15, 0.2) is 17.1 Å². The zero-order valence-corrected chi connectivity index (χ0v) is 20.6. The Balaban J connectivity index is 1.14. The van der Waals surface area contributed by atoms with E-state index in [-0.39, 0.29) is 5.76 Å². The molecule has 1 aliphatic heterocycles. The molecule has 0 radical (unpaired) electrons. The number of pyridine rings is 1. The van der Waals surface area contributed by atoms with Crippen LogP contribution in [-0.2, 0) is 19.8 Å². The van der Waals surface area contributed by atoms with Crippen LogP contribution in [0.25, 0.3) is 21.9 Å². The van der Waals surface area contributed by atoms with Gasteiger partial charge in [-0.2, -0.15) is 0 Å². The van der Waals surface area contributed by atoms with Crippen LogP contribution < -0.4 is 20.5 Å². The van der Waals surface area contributed by atoms with Crippen molar-refractivity contribution in [3.63, 3.8) is 0 Å². The van der Waals surface area contributed by atoms with Crippen LogP contribution in [0.4, 0.5) is 0 Å². The Hall–Kier alpha value is -4.98. The van der Waals surface area contributed by atoms with Crippen molar-refractivity contribution in [1.82, 2.24) is 15.2 Å². The molecule has 0 saturated heterocycles. The first-order chi connectivity index (χ1) is 18.6. The molecule has 2 aromatic heterocycles. The molecule has 8 nitrogen and oxygen atoms in total. The number of para-hydroxylation sites is 1. The van der Waals surface area contributed by atoms with Crippen LogP contribution in [0.3, 0.4) is 0 Å². The lowest BCUT2D eigenvalue weighted by atomic mass is 10.1. The number of primary amides is 1. The Kier molecular flexibility index (Phi) is 6.27. The number of nitrogens with two attached hydrogens (primary N) is 1. The number of furan rings is 1. The van der Waals surface area contributed by atoms with Gasteiger partial charge < -0.3 is 29.8 Å². The normalized spacial score (nSPS) is 12.7. The molecular formula is C30H26N4O4. The fourth-order valence-electron chi connectivity index (χ4n) is 4.41. The Morgan fingerprint density at radius 2 is 1.82 bits per heavy atom. The summed E-state index contributed by atoms with van der Waals surface area (Å²) in [6, 6.07) is 25.4. The van der Waals surface area contributed by atoms with Crippen molar-refractivity contribution in [2.45, 2.75) is 19.8 Å². The van der Waals surface area contributed by atoms with Crippen LogP contribution in [0, 0.1) is 0 Å². The minimum atomic E-state index is -0.616. The van der Waals surface area contributed by atoms with E-state index in [9.17, 15) is 4.79 Å². The van der Waals surface area contributed by atoms with E-state index in [1.165, 1.54) is 0 Å². The highest BCUT2D eigenvalue weighted by Gasteiger charge is 2.16. The van der Waals surface area contributed by atoms with Crippen LogP contribution >= 0.6 is 0 Å². The van der Waals surface area contributed by atoms with Crippen LogP contribution in [0.2, 0.25) is 0 Å². The number of benzene rings is 3. The summed E-state index contributed by atoms with van der Waals surface area (Å²) in [5, 5.41) is 5.04. The largest absolute Gasteiger partial charge is 0.487 e. The summed E-state index contributed by atoms with van der Waals surface area (Å²) in [4.78, 5) is 18.5. The molecule has 190 valence electrons. The van der Waals surface area contributed by atoms with Crippen molar-refractivity contribution in [1.29, 1.82) is 0 Å². The van der Waals surface area contributed by atoms with Gasteiger partial charge in [-0.05, 0) is 53.6 Å². The van der Waals surface area contributed by atoms with Crippen molar-refractivity contribution in [2.75, 3.05) is 6.67 Å². The molecule has 0 unspecified atom stereocenters. The number of aromatic nitrogens is 1. The molecule has 0 spiro atoms. The molecule has 6 rings (SSSR count). The molecule has 3 aromatic carbocycles. The summed E-state index contributed by atoms with van der Waals surface area (Å²) in [5.74, 6) is 0.795. The van der Waals surface area contributed by atoms with Crippen LogP contribution in [0.5, 0.6) is 11.5 Å². The smallest absolute Gasteiger partial charge is 0.284 e. The van der Waals surface area contributed by atoms with Crippen molar-refractivity contribution < 1.29 is 18.7 Å². The van der Waals surface area contributed by atoms with Gasteiger partial charge >= 0.3 is 0 Å². The lowest BCUT2D eigenvalue weighted by Gasteiger charge is -2.16. The third-order valence-corrected chi connectivity index (χ3v) is 6.33. The summed E-state index contributed by atoms with van der Waals surface area (Å²) in [6.07, 6.45) is 3.90. The molecule has 0 fully saturated rings. The van der Waals surface area contributed by atoms with Crippen molar-refractivity contribution in [2.24, 2.45) is 5.73 Å². The molecule has 1 aliphatic rings. The standard InChI is InChI=1S/C30H26N4O4/c31-30(35)28-15-23-13-21(16-34-12-11-32-19-34)14-27(29(23)38-28)37-17-20-5-9-25(10-6-20)36-18-24-8-7-22-3-1-2-4-26(22)33-24/h1-15,32H,16-19H2,(H2,31,35). The number of rotatable bonds is 9. The number of nitrogens with one attached hydrogen (secondary N) is 1. The second-order valence-corrected chi connectivity index (χ2v) is 9.13.